The van der Waals surface area contributed by atoms with Crippen LogP contribution < -0.4 is 4.72 Å². The number of aromatic hydroxyl groups is 1. The first kappa shape index (κ1) is 15.9. The number of nitrogens with one attached hydrogen (secondary N) is 1. The maximum Gasteiger partial charge on any atom is 0.226 e. The van der Waals surface area contributed by atoms with Crippen molar-refractivity contribution in [2.75, 3.05) is 0 Å². The SMILES string of the molecule is CCCCc1c(SNC(C)=O)ccc(O)c1C(C)C. The number of hydrogen-bond donors (Lipinski definition) is 2. The highest BCUT2D eigenvalue weighted by Crippen LogP contribution is 2.35. The number of phenolic OH excluding ortho intramolecular Hbond substituents is 1. The fourth-order valence-corrected chi connectivity index (χ4v) is 2.84. The average molecular weight is 281 g/mol. The molecule has 19 heavy (non-hydrogen) atoms. The first-order valence-corrected chi connectivity index (χ1v) is 7.57. The summed E-state index contributed by atoms with van der Waals surface area (Å²) in [5, 5.41) is 10.1. The van der Waals surface area contributed by atoms with E-state index in [-0.39, 0.29) is 11.8 Å². The molecule has 0 bridgehead atoms. The lowest BCUT2D eigenvalue weighted by atomic mass is 9.93. The van der Waals surface area contributed by atoms with Crippen LogP contribution >= 0.6 is 11.9 Å². The minimum Gasteiger partial charge on any atom is -0.508 e. The summed E-state index contributed by atoms with van der Waals surface area (Å²) in [6, 6.07) is 3.60. The van der Waals surface area contributed by atoms with Crippen molar-refractivity contribution in [1.82, 2.24) is 4.72 Å². The molecule has 4 heteroatoms. The lowest BCUT2D eigenvalue weighted by Gasteiger charge is -2.18. The van der Waals surface area contributed by atoms with Gasteiger partial charge >= 0.3 is 0 Å². The van der Waals surface area contributed by atoms with Crippen LogP contribution in [0.15, 0.2) is 17.0 Å². The minimum absolute atomic E-state index is 0.0642. The Bertz CT molecular complexity index is 444. The topological polar surface area (TPSA) is 49.3 Å². The number of phenols is 1. The molecule has 0 atom stereocenters. The Balaban J connectivity index is 3.13. The summed E-state index contributed by atoms with van der Waals surface area (Å²) in [6.07, 6.45) is 3.12. The van der Waals surface area contributed by atoms with Gasteiger partial charge in [0.05, 0.1) is 0 Å². The molecule has 1 aromatic carbocycles. The molecule has 1 amide bonds. The van der Waals surface area contributed by atoms with E-state index in [4.69, 9.17) is 0 Å². The normalized spacial score (nSPS) is 10.8. The second-order valence-electron chi connectivity index (χ2n) is 4.99. The third-order valence-electron chi connectivity index (χ3n) is 2.95. The van der Waals surface area contributed by atoms with Crippen molar-refractivity contribution in [2.45, 2.75) is 57.8 Å². The van der Waals surface area contributed by atoms with Gasteiger partial charge in [0.1, 0.15) is 5.75 Å². The molecular formula is C15H23NO2S. The molecule has 0 saturated carbocycles. The molecule has 0 aliphatic heterocycles. The Kier molecular flexibility index (Phi) is 6.22. The van der Waals surface area contributed by atoms with E-state index >= 15 is 0 Å². The molecule has 0 heterocycles. The number of carbonyl (C=O) groups is 1. The van der Waals surface area contributed by atoms with Crippen LogP contribution in [0.1, 0.15) is 57.6 Å². The fraction of sp³-hybridized carbons (Fsp3) is 0.533. The molecule has 0 fully saturated rings. The third kappa shape index (κ3) is 4.46. The summed E-state index contributed by atoms with van der Waals surface area (Å²) in [4.78, 5) is 12.1. The fourth-order valence-electron chi connectivity index (χ4n) is 2.11. The van der Waals surface area contributed by atoms with Gasteiger partial charge in [-0.15, -0.1) is 0 Å². The van der Waals surface area contributed by atoms with Crippen molar-refractivity contribution in [1.29, 1.82) is 0 Å². The molecule has 1 aromatic rings. The Morgan fingerprint density at radius 3 is 2.63 bits per heavy atom. The zero-order chi connectivity index (χ0) is 14.4. The van der Waals surface area contributed by atoms with Crippen molar-refractivity contribution in [3.05, 3.63) is 23.3 Å². The van der Waals surface area contributed by atoms with E-state index in [0.717, 1.165) is 35.3 Å². The second kappa shape index (κ2) is 7.43. The summed E-state index contributed by atoms with van der Waals surface area (Å²) in [6.45, 7) is 7.82. The molecule has 2 N–H and O–H groups in total. The predicted octanol–water partition coefficient (Wildman–Crippen LogP) is 4.00. The van der Waals surface area contributed by atoms with Gasteiger partial charge in [0, 0.05) is 17.4 Å². The Labute approximate surface area is 119 Å². The molecule has 0 spiro atoms. The molecular weight excluding hydrogens is 258 g/mol. The van der Waals surface area contributed by atoms with Gasteiger partial charge in [-0.2, -0.15) is 0 Å². The van der Waals surface area contributed by atoms with Crippen molar-refractivity contribution < 1.29 is 9.90 Å². The lowest BCUT2D eigenvalue weighted by molar-refractivity contribution is -0.117. The Morgan fingerprint density at radius 2 is 2.11 bits per heavy atom. The van der Waals surface area contributed by atoms with E-state index in [2.05, 4.69) is 25.5 Å². The van der Waals surface area contributed by atoms with Crippen molar-refractivity contribution in [2.24, 2.45) is 0 Å². The van der Waals surface area contributed by atoms with Crippen LogP contribution in [0.5, 0.6) is 5.75 Å². The number of benzene rings is 1. The number of carbonyl (C=O) groups excluding carboxylic acids is 1. The van der Waals surface area contributed by atoms with Gasteiger partial charge in [-0.25, -0.2) is 0 Å². The number of rotatable bonds is 6. The van der Waals surface area contributed by atoms with Gasteiger partial charge in [-0.1, -0.05) is 27.2 Å². The van der Waals surface area contributed by atoms with Gasteiger partial charge in [0.25, 0.3) is 0 Å². The highest BCUT2D eigenvalue weighted by molar-refractivity contribution is 7.98. The largest absolute Gasteiger partial charge is 0.508 e. The number of amides is 1. The second-order valence-corrected chi connectivity index (χ2v) is 5.84. The van der Waals surface area contributed by atoms with E-state index in [0.29, 0.717) is 5.75 Å². The van der Waals surface area contributed by atoms with E-state index in [1.807, 2.05) is 6.07 Å². The standard InChI is InChI=1S/C15H23NO2S/c1-5-6-7-12-14(19-16-11(4)17)9-8-13(18)15(12)10(2)3/h8-10,18H,5-7H2,1-4H3,(H,16,17). The minimum atomic E-state index is -0.0642. The summed E-state index contributed by atoms with van der Waals surface area (Å²) < 4.78 is 2.76. The highest BCUT2D eigenvalue weighted by Gasteiger charge is 2.16. The van der Waals surface area contributed by atoms with Gasteiger partial charge in [0.15, 0.2) is 0 Å². The van der Waals surface area contributed by atoms with Crippen LogP contribution in [-0.4, -0.2) is 11.0 Å². The van der Waals surface area contributed by atoms with Gasteiger partial charge in [-0.05, 0) is 48.4 Å². The maximum absolute atomic E-state index is 11.0. The molecule has 0 unspecified atom stereocenters. The van der Waals surface area contributed by atoms with E-state index < -0.39 is 0 Å². The first-order chi connectivity index (χ1) is 8.97. The molecule has 3 nitrogen and oxygen atoms in total. The van der Waals surface area contributed by atoms with Crippen LogP contribution in [-0.2, 0) is 11.2 Å². The zero-order valence-electron chi connectivity index (χ0n) is 12.1. The molecule has 0 aromatic heterocycles. The van der Waals surface area contributed by atoms with Gasteiger partial charge in [-0.3, -0.25) is 9.52 Å². The Morgan fingerprint density at radius 1 is 1.42 bits per heavy atom. The summed E-state index contributed by atoms with van der Waals surface area (Å²) in [7, 11) is 0. The third-order valence-corrected chi connectivity index (χ3v) is 3.95. The number of unbranched alkanes of at least 4 members (excludes halogenated alkanes) is 1. The average Bonchev–Trinajstić information content (AvgIpc) is 2.34. The van der Waals surface area contributed by atoms with E-state index in [1.54, 1.807) is 6.07 Å². The summed E-state index contributed by atoms with van der Waals surface area (Å²) >= 11 is 1.34. The van der Waals surface area contributed by atoms with Crippen LogP contribution in [0, 0.1) is 0 Å². The predicted molar refractivity (Wildman–Crippen MR) is 80.5 cm³/mol. The van der Waals surface area contributed by atoms with Crippen LogP contribution in [0.25, 0.3) is 0 Å². The van der Waals surface area contributed by atoms with Crippen LogP contribution in [0.4, 0.5) is 0 Å². The lowest BCUT2D eigenvalue weighted by Crippen LogP contribution is -2.11. The quantitative estimate of drug-likeness (QED) is 0.775. The molecule has 1 rings (SSSR count). The zero-order valence-corrected chi connectivity index (χ0v) is 12.9. The van der Waals surface area contributed by atoms with Crippen LogP contribution in [0.2, 0.25) is 0 Å². The molecule has 0 aliphatic rings. The van der Waals surface area contributed by atoms with Crippen molar-refractivity contribution in [3.8, 4) is 5.75 Å². The summed E-state index contributed by atoms with van der Waals surface area (Å²) in [5.74, 6) is 0.559. The van der Waals surface area contributed by atoms with Crippen molar-refractivity contribution >= 4 is 17.9 Å². The van der Waals surface area contributed by atoms with E-state index in [1.165, 1.54) is 18.9 Å². The van der Waals surface area contributed by atoms with E-state index in [9.17, 15) is 9.90 Å². The van der Waals surface area contributed by atoms with Crippen molar-refractivity contribution in [3.63, 3.8) is 0 Å². The highest BCUT2D eigenvalue weighted by atomic mass is 32.2. The Hall–Kier alpha value is -1.16. The monoisotopic (exact) mass is 281 g/mol. The summed E-state index contributed by atoms with van der Waals surface area (Å²) in [5.41, 5.74) is 2.17. The van der Waals surface area contributed by atoms with Gasteiger partial charge < -0.3 is 5.11 Å². The maximum atomic E-state index is 11.0. The molecule has 0 saturated heterocycles. The molecule has 106 valence electrons. The van der Waals surface area contributed by atoms with Gasteiger partial charge in [0.2, 0.25) is 5.91 Å². The van der Waals surface area contributed by atoms with Crippen LogP contribution in [0.3, 0.4) is 0 Å². The molecule has 0 aliphatic carbocycles. The molecule has 0 radical (unpaired) electrons. The number of hydrogen-bond acceptors (Lipinski definition) is 3. The smallest absolute Gasteiger partial charge is 0.226 e. The first-order valence-electron chi connectivity index (χ1n) is 6.75.